The second-order valence-corrected chi connectivity index (χ2v) is 5.75. The van der Waals surface area contributed by atoms with Gasteiger partial charge in [-0.15, -0.1) is 5.10 Å². The Bertz CT molecular complexity index is 665. The highest BCUT2D eigenvalue weighted by Gasteiger charge is 2.10. The van der Waals surface area contributed by atoms with Crippen molar-refractivity contribution >= 4 is 29.1 Å². The van der Waals surface area contributed by atoms with E-state index in [2.05, 4.69) is 32.3 Å². The molecule has 0 saturated carbocycles. The molecule has 1 N–H and O–H groups in total. The van der Waals surface area contributed by atoms with Crippen molar-refractivity contribution in [1.29, 1.82) is 0 Å². The van der Waals surface area contributed by atoms with E-state index in [1.165, 1.54) is 0 Å². The molecule has 0 fully saturated rings. The van der Waals surface area contributed by atoms with Gasteiger partial charge >= 0.3 is 0 Å². The summed E-state index contributed by atoms with van der Waals surface area (Å²) in [7, 11) is 3.59. The molecule has 1 aromatic heterocycles. The van der Waals surface area contributed by atoms with Crippen LogP contribution in [0.1, 0.15) is 25.3 Å². The summed E-state index contributed by atoms with van der Waals surface area (Å²) in [5, 5.41) is 11.9. The molecule has 0 aliphatic heterocycles. The lowest BCUT2D eigenvalue weighted by atomic mass is 10.2. The van der Waals surface area contributed by atoms with Gasteiger partial charge in [0.1, 0.15) is 5.75 Å². The standard InChI is InChI=1S/C16H22ClN5O/c1-5-6-7-22(3)15-10-18-21-16(20-15)19-13-8-11(2)12(17)9-14(13)23-4/h8-10H,5-7H2,1-4H3,(H,19,20,21). The Balaban J connectivity index is 2.22. The SMILES string of the molecule is CCCCN(C)c1cnnc(Nc2cc(C)c(Cl)cc2OC)n1. The van der Waals surface area contributed by atoms with E-state index in [1.807, 2.05) is 20.0 Å². The average molecular weight is 336 g/mol. The number of unbranched alkanes of at least 4 members (excludes halogenated alkanes) is 1. The van der Waals surface area contributed by atoms with Crippen LogP contribution < -0.4 is 15.0 Å². The van der Waals surface area contributed by atoms with Crippen molar-refractivity contribution in [2.24, 2.45) is 0 Å². The predicted molar refractivity (Wildman–Crippen MR) is 94.0 cm³/mol. The molecule has 0 radical (unpaired) electrons. The van der Waals surface area contributed by atoms with E-state index >= 15 is 0 Å². The maximum atomic E-state index is 6.12. The van der Waals surface area contributed by atoms with Gasteiger partial charge in [0.2, 0.25) is 5.95 Å². The zero-order valence-electron chi connectivity index (χ0n) is 13.9. The first kappa shape index (κ1) is 17.3. The molecule has 0 saturated heterocycles. The lowest BCUT2D eigenvalue weighted by molar-refractivity contribution is 0.416. The molecular weight excluding hydrogens is 314 g/mol. The molecule has 124 valence electrons. The van der Waals surface area contributed by atoms with Crippen LogP contribution in [0.2, 0.25) is 5.02 Å². The van der Waals surface area contributed by atoms with Gasteiger partial charge in [-0.05, 0) is 25.0 Å². The lowest BCUT2D eigenvalue weighted by Crippen LogP contribution is -2.20. The van der Waals surface area contributed by atoms with Crippen molar-refractivity contribution in [3.8, 4) is 5.75 Å². The summed E-state index contributed by atoms with van der Waals surface area (Å²) in [6, 6.07) is 3.67. The summed E-state index contributed by atoms with van der Waals surface area (Å²) in [5.41, 5.74) is 1.70. The molecule has 0 amide bonds. The summed E-state index contributed by atoms with van der Waals surface area (Å²) in [6.07, 6.45) is 3.90. The molecule has 1 heterocycles. The van der Waals surface area contributed by atoms with E-state index in [0.29, 0.717) is 16.7 Å². The molecule has 0 unspecified atom stereocenters. The number of nitrogens with one attached hydrogen (secondary N) is 1. The fourth-order valence-corrected chi connectivity index (χ4v) is 2.25. The largest absolute Gasteiger partial charge is 0.495 e. The second-order valence-electron chi connectivity index (χ2n) is 5.34. The van der Waals surface area contributed by atoms with Crippen LogP contribution in [0.5, 0.6) is 5.75 Å². The number of anilines is 3. The Hall–Kier alpha value is -2.08. The lowest BCUT2D eigenvalue weighted by Gasteiger charge is -2.18. The molecule has 2 rings (SSSR count). The van der Waals surface area contributed by atoms with E-state index in [1.54, 1.807) is 19.4 Å². The van der Waals surface area contributed by atoms with Gasteiger partial charge < -0.3 is 15.0 Å². The van der Waals surface area contributed by atoms with Crippen LogP contribution in [0.15, 0.2) is 18.3 Å². The molecule has 0 aliphatic carbocycles. The van der Waals surface area contributed by atoms with Gasteiger partial charge in [0.25, 0.3) is 0 Å². The summed E-state index contributed by atoms with van der Waals surface area (Å²) in [5.74, 6) is 1.83. The van der Waals surface area contributed by atoms with Gasteiger partial charge in [-0.1, -0.05) is 24.9 Å². The van der Waals surface area contributed by atoms with Crippen LogP contribution in [0.4, 0.5) is 17.5 Å². The molecule has 6 nitrogen and oxygen atoms in total. The first-order valence-electron chi connectivity index (χ1n) is 7.57. The zero-order valence-corrected chi connectivity index (χ0v) is 14.7. The average Bonchev–Trinajstić information content (AvgIpc) is 2.56. The Kier molecular flexibility index (Phi) is 5.98. The fourth-order valence-electron chi connectivity index (χ4n) is 2.09. The molecular formula is C16H22ClN5O. The Morgan fingerprint density at radius 3 is 2.83 bits per heavy atom. The quantitative estimate of drug-likeness (QED) is 0.829. The number of rotatable bonds is 7. The highest BCUT2D eigenvalue weighted by atomic mass is 35.5. The third-order valence-corrected chi connectivity index (χ3v) is 3.92. The first-order valence-corrected chi connectivity index (χ1v) is 7.95. The minimum absolute atomic E-state index is 0.422. The third-order valence-electron chi connectivity index (χ3n) is 3.51. The molecule has 0 spiro atoms. The van der Waals surface area contributed by atoms with Crippen molar-refractivity contribution < 1.29 is 4.74 Å². The normalized spacial score (nSPS) is 10.5. The van der Waals surface area contributed by atoms with Crippen molar-refractivity contribution in [2.75, 3.05) is 30.9 Å². The van der Waals surface area contributed by atoms with Crippen LogP contribution in [0.3, 0.4) is 0 Å². The molecule has 2 aromatic rings. The minimum Gasteiger partial charge on any atom is -0.495 e. The number of aromatic nitrogens is 3. The van der Waals surface area contributed by atoms with Gasteiger partial charge in [0.15, 0.2) is 5.82 Å². The van der Waals surface area contributed by atoms with Crippen LogP contribution in [-0.4, -0.2) is 35.9 Å². The van der Waals surface area contributed by atoms with Crippen molar-refractivity contribution in [3.05, 3.63) is 28.9 Å². The predicted octanol–water partition coefficient (Wildman–Crippen LogP) is 3.82. The number of hydrogen-bond donors (Lipinski definition) is 1. The molecule has 0 atom stereocenters. The monoisotopic (exact) mass is 335 g/mol. The number of aryl methyl sites for hydroxylation is 1. The Labute approximate surface area is 141 Å². The van der Waals surface area contributed by atoms with Crippen LogP contribution in [0, 0.1) is 6.92 Å². The third kappa shape index (κ3) is 4.45. The van der Waals surface area contributed by atoms with E-state index in [-0.39, 0.29) is 0 Å². The Morgan fingerprint density at radius 1 is 1.35 bits per heavy atom. The highest BCUT2D eigenvalue weighted by Crippen LogP contribution is 2.32. The van der Waals surface area contributed by atoms with Crippen molar-refractivity contribution in [1.82, 2.24) is 15.2 Å². The maximum absolute atomic E-state index is 6.12. The van der Waals surface area contributed by atoms with E-state index in [4.69, 9.17) is 16.3 Å². The zero-order chi connectivity index (χ0) is 16.8. The fraction of sp³-hybridized carbons (Fsp3) is 0.438. The number of methoxy groups -OCH3 is 1. The van der Waals surface area contributed by atoms with Crippen molar-refractivity contribution in [2.45, 2.75) is 26.7 Å². The van der Waals surface area contributed by atoms with Gasteiger partial charge in [-0.3, -0.25) is 0 Å². The van der Waals surface area contributed by atoms with Crippen LogP contribution in [0.25, 0.3) is 0 Å². The minimum atomic E-state index is 0.422. The van der Waals surface area contributed by atoms with Gasteiger partial charge in [0, 0.05) is 24.7 Å². The van der Waals surface area contributed by atoms with Gasteiger partial charge in [-0.25, -0.2) is 0 Å². The molecule has 0 bridgehead atoms. The molecule has 0 aliphatic rings. The number of ether oxygens (including phenoxy) is 1. The summed E-state index contributed by atoms with van der Waals surface area (Å²) in [6.45, 7) is 5.02. The maximum Gasteiger partial charge on any atom is 0.249 e. The smallest absolute Gasteiger partial charge is 0.249 e. The number of benzene rings is 1. The molecule has 23 heavy (non-hydrogen) atoms. The summed E-state index contributed by atoms with van der Waals surface area (Å²) >= 11 is 6.12. The van der Waals surface area contributed by atoms with E-state index in [9.17, 15) is 0 Å². The van der Waals surface area contributed by atoms with Gasteiger partial charge in [0.05, 0.1) is 19.0 Å². The number of halogens is 1. The first-order chi connectivity index (χ1) is 11.0. The highest BCUT2D eigenvalue weighted by molar-refractivity contribution is 6.31. The number of hydrogen-bond acceptors (Lipinski definition) is 6. The summed E-state index contributed by atoms with van der Waals surface area (Å²) < 4.78 is 5.35. The van der Waals surface area contributed by atoms with Crippen molar-refractivity contribution in [3.63, 3.8) is 0 Å². The van der Waals surface area contributed by atoms with Crippen LogP contribution in [-0.2, 0) is 0 Å². The van der Waals surface area contributed by atoms with E-state index in [0.717, 1.165) is 36.5 Å². The van der Waals surface area contributed by atoms with E-state index < -0.39 is 0 Å². The topological polar surface area (TPSA) is 63.2 Å². The van der Waals surface area contributed by atoms with Crippen LogP contribution >= 0.6 is 11.6 Å². The second kappa shape index (κ2) is 7.97. The molecule has 7 heteroatoms. The van der Waals surface area contributed by atoms with Gasteiger partial charge in [-0.2, -0.15) is 10.1 Å². The summed E-state index contributed by atoms with van der Waals surface area (Å²) in [4.78, 5) is 6.56. The number of nitrogens with zero attached hydrogens (tertiary/aromatic N) is 4. The Morgan fingerprint density at radius 2 is 2.13 bits per heavy atom. The molecule has 1 aromatic carbocycles.